The van der Waals surface area contributed by atoms with E-state index in [0.717, 1.165) is 19.3 Å². The third-order valence-electron chi connectivity index (χ3n) is 4.06. The zero-order valence-electron chi connectivity index (χ0n) is 11.9. The van der Waals surface area contributed by atoms with E-state index in [1.165, 1.54) is 11.3 Å². The summed E-state index contributed by atoms with van der Waals surface area (Å²) in [4.78, 5) is 24.6. The normalized spacial score (nSPS) is 31.1. The van der Waals surface area contributed by atoms with E-state index in [2.05, 4.69) is 6.92 Å². The summed E-state index contributed by atoms with van der Waals surface area (Å²) in [5.41, 5.74) is 0. The molecule has 3 atom stereocenters. The van der Waals surface area contributed by atoms with Crippen LogP contribution in [-0.2, 0) is 19.1 Å². The topological polar surface area (TPSA) is 76.1 Å². The van der Waals surface area contributed by atoms with Crippen molar-refractivity contribution in [1.82, 2.24) is 4.90 Å². The fourth-order valence-corrected chi connectivity index (χ4v) is 2.91. The molecule has 0 spiro atoms. The van der Waals surface area contributed by atoms with Crippen molar-refractivity contribution >= 4 is 11.9 Å². The Labute approximate surface area is 119 Å². The van der Waals surface area contributed by atoms with Crippen molar-refractivity contribution < 1.29 is 24.2 Å². The molecule has 1 aliphatic carbocycles. The van der Waals surface area contributed by atoms with Crippen molar-refractivity contribution in [3.8, 4) is 0 Å². The lowest BCUT2D eigenvalue weighted by Gasteiger charge is -2.33. The summed E-state index contributed by atoms with van der Waals surface area (Å²) in [6.45, 7) is 2.93. The Balaban J connectivity index is 1.82. The van der Waals surface area contributed by atoms with Gasteiger partial charge in [-0.25, -0.2) is 4.79 Å². The van der Waals surface area contributed by atoms with Gasteiger partial charge in [0.25, 0.3) is 0 Å². The van der Waals surface area contributed by atoms with Crippen LogP contribution in [0.4, 0.5) is 0 Å². The fraction of sp³-hybridized carbons (Fsp3) is 0.857. The Morgan fingerprint density at radius 2 is 2.20 bits per heavy atom. The molecular weight excluding hydrogens is 262 g/mol. The molecule has 1 heterocycles. The molecule has 0 aromatic carbocycles. The van der Waals surface area contributed by atoms with Gasteiger partial charge in [-0.3, -0.25) is 4.79 Å². The van der Waals surface area contributed by atoms with E-state index in [4.69, 9.17) is 14.6 Å². The highest BCUT2D eigenvalue weighted by Gasteiger charge is 2.33. The number of hydrogen-bond acceptors (Lipinski definition) is 4. The summed E-state index contributed by atoms with van der Waals surface area (Å²) in [6, 6.07) is -0.884. The molecule has 1 saturated carbocycles. The molecule has 1 amide bonds. The summed E-state index contributed by atoms with van der Waals surface area (Å²) < 4.78 is 10.8. The second kappa shape index (κ2) is 7.04. The van der Waals surface area contributed by atoms with Gasteiger partial charge < -0.3 is 19.5 Å². The third kappa shape index (κ3) is 3.93. The monoisotopic (exact) mass is 285 g/mol. The predicted octanol–water partition coefficient (Wildman–Crippen LogP) is 0.894. The lowest BCUT2D eigenvalue weighted by molar-refractivity contribution is -0.161. The van der Waals surface area contributed by atoms with Crippen LogP contribution in [0.3, 0.4) is 0 Å². The molecule has 6 nitrogen and oxygen atoms in total. The number of nitrogens with zero attached hydrogens (tertiary/aromatic N) is 1. The predicted molar refractivity (Wildman–Crippen MR) is 71.3 cm³/mol. The SMILES string of the molecule is C[C@@H]1CCC[C@H](OCC(=O)N2CCOC[C@@H]2C(=O)O)C1. The Morgan fingerprint density at radius 3 is 2.90 bits per heavy atom. The van der Waals surface area contributed by atoms with Gasteiger partial charge in [0.1, 0.15) is 6.61 Å². The molecule has 0 unspecified atom stereocenters. The molecule has 114 valence electrons. The molecule has 0 aromatic heterocycles. The first-order valence-electron chi connectivity index (χ1n) is 7.29. The zero-order chi connectivity index (χ0) is 14.5. The maximum absolute atomic E-state index is 12.1. The highest BCUT2D eigenvalue weighted by molar-refractivity contribution is 5.84. The number of rotatable bonds is 4. The number of hydrogen-bond donors (Lipinski definition) is 1. The van der Waals surface area contributed by atoms with E-state index in [1.54, 1.807) is 0 Å². The third-order valence-corrected chi connectivity index (χ3v) is 4.06. The fourth-order valence-electron chi connectivity index (χ4n) is 2.91. The number of carbonyl (C=O) groups excluding carboxylic acids is 1. The number of ether oxygens (including phenoxy) is 2. The van der Waals surface area contributed by atoms with Gasteiger partial charge in [-0.1, -0.05) is 19.8 Å². The maximum Gasteiger partial charge on any atom is 0.328 e. The summed E-state index contributed by atoms with van der Waals surface area (Å²) >= 11 is 0. The smallest absolute Gasteiger partial charge is 0.328 e. The van der Waals surface area contributed by atoms with Crippen LogP contribution in [0.2, 0.25) is 0 Å². The van der Waals surface area contributed by atoms with Crippen molar-refractivity contribution in [2.45, 2.75) is 44.8 Å². The quantitative estimate of drug-likeness (QED) is 0.830. The summed E-state index contributed by atoms with van der Waals surface area (Å²) in [7, 11) is 0. The highest BCUT2D eigenvalue weighted by Crippen LogP contribution is 2.25. The minimum Gasteiger partial charge on any atom is -0.480 e. The zero-order valence-corrected chi connectivity index (χ0v) is 11.9. The summed E-state index contributed by atoms with van der Waals surface area (Å²) in [6.07, 6.45) is 4.46. The highest BCUT2D eigenvalue weighted by atomic mass is 16.5. The average molecular weight is 285 g/mol. The molecular formula is C14H23NO5. The second-order valence-corrected chi connectivity index (χ2v) is 5.72. The van der Waals surface area contributed by atoms with Crippen molar-refractivity contribution in [1.29, 1.82) is 0 Å². The van der Waals surface area contributed by atoms with Crippen molar-refractivity contribution in [2.24, 2.45) is 5.92 Å². The number of morpholine rings is 1. The molecule has 1 aliphatic heterocycles. The van der Waals surface area contributed by atoms with Crippen LogP contribution in [0.5, 0.6) is 0 Å². The first-order chi connectivity index (χ1) is 9.58. The number of carbonyl (C=O) groups is 2. The molecule has 2 fully saturated rings. The van der Waals surface area contributed by atoms with Crippen LogP contribution in [-0.4, -0.2) is 60.4 Å². The maximum atomic E-state index is 12.1. The first kappa shape index (κ1) is 15.3. The van der Waals surface area contributed by atoms with Gasteiger partial charge in [0.15, 0.2) is 6.04 Å². The van der Waals surface area contributed by atoms with Gasteiger partial charge in [-0.15, -0.1) is 0 Å². The van der Waals surface area contributed by atoms with Gasteiger partial charge in [0.2, 0.25) is 5.91 Å². The van der Waals surface area contributed by atoms with Crippen molar-refractivity contribution in [3.63, 3.8) is 0 Å². The average Bonchev–Trinajstić information content (AvgIpc) is 2.45. The van der Waals surface area contributed by atoms with E-state index in [1.807, 2.05) is 0 Å². The molecule has 0 aromatic rings. The minimum atomic E-state index is -1.02. The van der Waals surface area contributed by atoms with Crippen LogP contribution < -0.4 is 0 Å². The van der Waals surface area contributed by atoms with E-state index in [9.17, 15) is 9.59 Å². The lowest BCUT2D eigenvalue weighted by Crippen LogP contribution is -2.53. The molecule has 2 aliphatic rings. The Morgan fingerprint density at radius 1 is 1.40 bits per heavy atom. The van der Waals surface area contributed by atoms with E-state index in [0.29, 0.717) is 19.1 Å². The Kier molecular flexibility index (Phi) is 5.37. The first-order valence-corrected chi connectivity index (χ1v) is 7.29. The molecule has 6 heteroatoms. The van der Waals surface area contributed by atoms with Crippen LogP contribution in [0.25, 0.3) is 0 Å². The van der Waals surface area contributed by atoms with E-state index >= 15 is 0 Å². The Bertz CT molecular complexity index is 359. The van der Waals surface area contributed by atoms with Crippen LogP contribution in [0, 0.1) is 5.92 Å². The summed E-state index contributed by atoms with van der Waals surface area (Å²) in [5.74, 6) is -0.637. The minimum absolute atomic E-state index is 0.0266. The largest absolute Gasteiger partial charge is 0.480 e. The molecule has 1 saturated heterocycles. The number of aliphatic carboxylic acids is 1. The van der Waals surface area contributed by atoms with Gasteiger partial charge >= 0.3 is 5.97 Å². The lowest BCUT2D eigenvalue weighted by atomic mass is 9.89. The second-order valence-electron chi connectivity index (χ2n) is 5.72. The van der Waals surface area contributed by atoms with Crippen LogP contribution in [0.15, 0.2) is 0 Å². The molecule has 20 heavy (non-hydrogen) atoms. The summed E-state index contributed by atoms with van der Waals surface area (Å²) in [5, 5.41) is 9.09. The van der Waals surface area contributed by atoms with Gasteiger partial charge in [0.05, 0.1) is 19.3 Å². The van der Waals surface area contributed by atoms with E-state index in [-0.39, 0.29) is 25.2 Å². The van der Waals surface area contributed by atoms with Crippen molar-refractivity contribution in [2.75, 3.05) is 26.4 Å². The number of carboxylic acids is 1. The molecule has 2 rings (SSSR count). The van der Waals surface area contributed by atoms with Crippen LogP contribution in [0.1, 0.15) is 32.6 Å². The molecule has 1 N–H and O–H groups in total. The van der Waals surface area contributed by atoms with E-state index < -0.39 is 12.0 Å². The van der Waals surface area contributed by atoms with Crippen molar-refractivity contribution in [3.05, 3.63) is 0 Å². The standard InChI is InChI=1S/C14H23NO5/c1-10-3-2-4-11(7-10)20-9-13(16)15-5-6-19-8-12(15)14(17)18/h10-12H,2-9H2,1H3,(H,17,18)/t10-,11+,12-/m1/s1. The Hall–Kier alpha value is -1.14. The van der Waals surface area contributed by atoms with Crippen LogP contribution >= 0.6 is 0 Å². The van der Waals surface area contributed by atoms with Gasteiger partial charge in [-0.2, -0.15) is 0 Å². The number of amides is 1. The molecule has 0 radical (unpaired) electrons. The van der Waals surface area contributed by atoms with Gasteiger partial charge in [-0.05, 0) is 18.8 Å². The van der Waals surface area contributed by atoms with Gasteiger partial charge in [0, 0.05) is 6.54 Å². The number of carboxylic acid groups (broad SMARTS) is 1. The molecule has 0 bridgehead atoms.